The summed E-state index contributed by atoms with van der Waals surface area (Å²) in [5.41, 5.74) is 0.449. The molecule has 0 aliphatic carbocycles. The minimum absolute atomic E-state index is 0.174. The van der Waals surface area contributed by atoms with Gasteiger partial charge in [0.2, 0.25) is 0 Å². The Labute approximate surface area is 125 Å². The molecule has 1 rings (SSSR count). The van der Waals surface area contributed by atoms with Gasteiger partial charge in [-0.15, -0.1) is 0 Å². The first-order chi connectivity index (χ1) is 9.92. The lowest BCUT2D eigenvalue weighted by atomic mass is 10.2. The molecule has 0 radical (unpaired) electrons. The van der Waals surface area contributed by atoms with Crippen LogP contribution in [0.1, 0.15) is 12.5 Å². The fourth-order valence-electron chi connectivity index (χ4n) is 1.56. The number of hydrogen-bond donors (Lipinski definition) is 1. The summed E-state index contributed by atoms with van der Waals surface area (Å²) in [6.45, 7) is -3.05. The van der Waals surface area contributed by atoms with Crippen LogP contribution in [0.3, 0.4) is 0 Å². The van der Waals surface area contributed by atoms with Crippen molar-refractivity contribution in [2.75, 3.05) is 12.8 Å². The van der Waals surface area contributed by atoms with E-state index in [4.69, 9.17) is 0 Å². The van der Waals surface area contributed by atoms with Crippen LogP contribution in [0.2, 0.25) is 0 Å². The zero-order valence-corrected chi connectivity index (χ0v) is 12.4. The molecule has 0 saturated carbocycles. The van der Waals surface area contributed by atoms with Crippen LogP contribution < -0.4 is 14.8 Å². The lowest BCUT2D eigenvalue weighted by Gasteiger charge is -2.15. The van der Waals surface area contributed by atoms with Crippen molar-refractivity contribution in [3.8, 4) is 11.5 Å². The Balaban J connectivity index is 2.76. The van der Waals surface area contributed by atoms with E-state index in [9.17, 15) is 17.6 Å². The molecule has 0 fully saturated rings. The summed E-state index contributed by atoms with van der Waals surface area (Å²) in [5.74, 6) is -0.394. The number of halogens is 4. The largest absolute Gasteiger partial charge is 0.435 e. The minimum Gasteiger partial charge on any atom is -0.435 e. The quantitative estimate of drug-likeness (QED) is 0.700. The molecule has 1 aromatic carbocycles. The Morgan fingerprint density at radius 2 is 1.81 bits per heavy atom. The molecule has 0 amide bonds. The Hall–Kier alpha value is -1.15. The van der Waals surface area contributed by atoms with Crippen LogP contribution in [0.25, 0.3) is 0 Å². The highest BCUT2D eigenvalue weighted by atomic mass is 32.2. The van der Waals surface area contributed by atoms with Crippen LogP contribution in [-0.2, 0) is 6.54 Å². The first-order valence-corrected chi connectivity index (χ1v) is 7.47. The van der Waals surface area contributed by atoms with Gasteiger partial charge in [-0.3, -0.25) is 0 Å². The third-order valence-electron chi connectivity index (χ3n) is 2.63. The van der Waals surface area contributed by atoms with Crippen LogP contribution in [0, 0.1) is 0 Å². The van der Waals surface area contributed by atoms with Gasteiger partial charge in [0.1, 0.15) is 11.5 Å². The monoisotopic (exact) mass is 327 g/mol. The number of rotatable bonds is 9. The van der Waals surface area contributed by atoms with Crippen molar-refractivity contribution in [2.24, 2.45) is 0 Å². The van der Waals surface area contributed by atoms with E-state index >= 15 is 0 Å². The predicted octanol–water partition coefficient (Wildman–Crippen LogP) is 3.73. The molecule has 0 bridgehead atoms. The van der Waals surface area contributed by atoms with Crippen molar-refractivity contribution in [3.05, 3.63) is 23.8 Å². The van der Waals surface area contributed by atoms with E-state index in [-0.39, 0.29) is 11.5 Å². The molecule has 0 heterocycles. The minimum atomic E-state index is -3.03. The van der Waals surface area contributed by atoms with Gasteiger partial charge in [0, 0.05) is 30.0 Å². The van der Waals surface area contributed by atoms with Gasteiger partial charge < -0.3 is 14.8 Å². The average Bonchev–Trinajstić information content (AvgIpc) is 2.39. The molecule has 0 spiro atoms. The fourth-order valence-corrected chi connectivity index (χ4v) is 1.84. The standard InChI is InChI=1S/C13H17F4NO2S/c1-8(21-2)6-18-7-9-3-4-10(19-12(14)15)5-11(9)20-13(16)17/h3-5,8,12-13,18H,6-7H2,1-2H3. The van der Waals surface area contributed by atoms with Crippen LogP contribution >= 0.6 is 11.8 Å². The van der Waals surface area contributed by atoms with Gasteiger partial charge in [-0.05, 0) is 12.3 Å². The van der Waals surface area contributed by atoms with Crippen LogP contribution in [0.5, 0.6) is 11.5 Å². The van der Waals surface area contributed by atoms with Gasteiger partial charge >= 0.3 is 13.2 Å². The maximum absolute atomic E-state index is 12.4. The van der Waals surface area contributed by atoms with Crippen molar-refractivity contribution in [1.82, 2.24) is 5.32 Å². The van der Waals surface area contributed by atoms with Crippen LogP contribution in [-0.4, -0.2) is 31.3 Å². The third-order valence-corrected chi connectivity index (χ3v) is 3.60. The summed E-state index contributed by atoms with van der Waals surface area (Å²) in [4.78, 5) is 0. The normalized spacial score (nSPS) is 12.8. The van der Waals surface area contributed by atoms with E-state index in [0.717, 1.165) is 6.07 Å². The van der Waals surface area contributed by atoms with Gasteiger partial charge in [0.15, 0.2) is 0 Å². The van der Waals surface area contributed by atoms with E-state index in [0.29, 0.717) is 23.9 Å². The molecule has 1 unspecified atom stereocenters. The summed E-state index contributed by atoms with van der Waals surface area (Å²) >= 11 is 1.67. The van der Waals surface area contributed by atoms with Gasteiger partial charge in [0.25, 0.3) is 0 Å². The number of alkyl halides is 4. The molecule has 1 atom stereocenters. The molecule has 8 heteroatoms. The van der Waals surface area contributed by atoms with Gasteiger partial charge in [0.05, 0.1) is 0 Å². The Kier molecular flexibility index (Phi) is 7.66. The van der Waals surface area contributed by atoms with E-state index in [1.165, 1.54) is 12.1 Å². The van der Waals surface area contributed by atoms with Crippen LogP contribution in [0.15, 0.2) is 18.2 Å². The number of thioether (sulfide) groups is 1. The van der Waals surface area contributed by atoms with Crippen molar-refractivity contribution < 1.29 is 27.0 Å². The highest BCUT2D eigenvalue weighted by molar-refractivity contribution is 7.99. The van der Waals surface area contributed by atoms with Gasteiger partial charge in [-0.25, -0.2) is 0 Å². The van der Waals surface area contributed by atoms with E-state index in [1.807, 2.05) is 13.2 Å². The fraction of sp³-hybridized carbons (Fsp3) is 0.538. The van der Waals surface area contributed by atoms with E-state index in [2.05, 4.69) is 14.8 Å². The lowest BCUT2D eigenvalue weighted by molar-refractivity contribution is -0.0546. The van der Waals surface area contributed by atoms with Crippen molar-refractivity contribution >= 4 is 11.8 Å². The zero-order chi connectivity index (χ0) is 15.8. The molecular weight excluding hydrogens is 310 g/mol. The summed E-state index contributed by atoms with van der Waals surface area (Å²) in [7, 11) is 0. The number of hydrogen-bond acceptors (Lipinski definition) is 4. The first-order valence-electron chi connectivity index (χ1n) is 6.18. The lowest BCUT2D eigenvalue weighted by Crippen LogP contribution is -2.22. The van der Waals surface area contributed by atoms with Crippen molar-refractivity contribution in [1.29, 1.82) is 0 Å². The highest BCUT2D eigenvalue weighted by Crippen LogP contribution is 2.27. The van der Waals surface area contributed by atoms with E-state index in [1.54, 1.807) is 11.8 Å². The molecule has 1 aromatic rings. The maximum atomic E-state index is 12.4. The molecule has 0 saturated heterocycles. The van der Waals surface area contributed by atoms with Crippen molar-refractivity contribution in [2.45, 2.75) is 31.9 Å². The molecule has 0 aromatic heterocycles. The maximum Gasteiger partial charge on any atom is 0.387 e. The second-order valence-corrected chi connectivity index (χ2v) is 5.48. The molecular formula is C13H17F4NO2S. The molecule has 0 aliphatic heterocycles. The summed E-state index contributed by atoms with van der Waals surface area (Å²) < 4.78 is 57.5. The summed E-state index contributed by atoms with van der Waals surface area (Å²) in [6.07, 6.45) is 1.97. The average molecular weight is 327 g/mol. The van der Waals surface area contributed by atoms with Crippen LogP contribution in [0.4, 0.5) is 17.6 Å². The SMILES string of the molecule is CSC(C)CNCc1ccc(OC(F)F)cc1OC(F)F. The number of benzene rings is 1. The number of nitrogens with one attached hydrogen (secondary N) is 1. The first kappa shape index (κ1) is 17.9. The Bertz CT molecular complexity index is 435. The number of ether oxygens (including phenoxy) is 2. The smallest absolute Gasteiger partial charge is 0.387 e. The molecule has 120 valence electrons. The Morgan fingerprint density at radius 3 is 2.38 bits per heavy atom. The summed E-state index contributed by atoms with van der Waals surface area (Å²) in [5, 5.41) is 3.46. The second-order valence-electron chi connectivity index (χ2n) is 4.20. The zero-order valence-electron chi connectivity index (χ0n) is 11.6. The van der Waals surface area contributed by atoms with E-state index < -0.39 is 13.2 Å². The Morgan fingerprint density at radius 1 is 1.14 bits per heavy atom. The second kappa shape index (κ2) is 8.99. The highest BCUT2D eigenvalue weighted by Gasteiger charge is 2.13. The van der Waals surface area contributed by atoms with Gasteiger partial charge in [-0.1, -0.05) is 13.0 Å². The predicted molar refractivity (Wildman–Crippen MR) is 74.4 cm³/mol. The topological polar surface area (TPSA) is 30.5 Å². The van der Waals surface area contributed by atoms with Gasteiger partial charge in [-0.2, -0.15) is 29.3 Å². The molecule has 21 heavy (non-hydrogen) atoms. The third kappa shape index (κ3) is 6.90. The van der Waals surface area contributed by atoms with Crippen molar-refractivity contribution in [3.63, 3.8) is 0 Å². The summed E-state index contributed by atoms with van der Waals surface area (Å²) in [6, 6.07) is 3.75. The molecule has 0 aliphatic rings. The molecule has 1 N–H and O–H groups in total. The molecule has 3 nitrogen and oxygen atoms in total.